The van der Waals surface area contributed by atoms with Crippen LogP contribution in [-0.2, 0) is 0 Å². The summed E-state index contributed by atoms with van der Waals surface area (Å²) in [6, 6.07) is 4.91. The monoisotopic (exact) mass is 434 g/mol. The van der Waals surface area contributed by atoms with Gasteiger partial charge < -0.3 is 21.3 Å². The first-order chi connectivity index (χ1) is 15.0. The van der Waals surface area contributed by atoms with Crippen LogP contribution >= 0.6 is 0 Å². The lowest BCUT2D eigenvalue weighted by atomic mass is 9.88. The lowest BCUT2D eigenvalue weighted by Crippen LogP contribution is -2.21. The third-order valence-electron chi connectivity index (χ3n) is 5.29. The van der Waals surface area contributed by atoms with Gasteiger partial charge in [-0.25, -0.2) is 0 Å². The Kier molecular flexibility index (Phi) is 10.9. The molecule has 1 fully saturated rings. The van der Waals surface area contributed by atoms with Crippen LogP contribution in [0, 0.1) is 16.0 Å². The van der Waals surface area contributed by atoms with E-state index in [1.807, 2.05) is 0 Å². The fraction of sp³-hybridized carbons (Fsp3) is 0.619. The molecule has 0 spiro atoms. The van der Waals surface area contributed by atoms with Crippen LogP contribution in [0.2, 0.25) is 0 Å². The summed E-state index contributed by atoms with van der Waals surface area (Å²) in [5.74, 6) is 0.369. The molecular formula is C21H34N6O4. The van der Waals surface area contributed by atoms with Crippen LogP contribution < -0.4 is 11.1 Å². The number of hydrogen-bond donors (Lipinski definition) is 4. The number of aromatic nitrogens is 3. The van der Waals surface area contributed by atoms with Gasteiger partial charge in [-0.15, -0.1) is 0 Å². The van der Waals surface area contributed by atoms with Crippen molar-refractivity contribution in [2.24, 2.45) is 11.7 Å². The number of nitrogens with zero attached hydrogens (tertiary/aromatic N) is 4. The molecule has 5 N–H and O–H groups in total. The van der Waals surface area contributed by atoms with E-state index in [0.717, 1.165) is 51.4 Å². The molecule has 2 atom stereocenters. The topological polar surface area (TPSA) is 152 Å². The van der Waals surface area contributed by atoms with Crippen molar-refractivity contribution in [1.82, 2.24) is 15.0 Å². The standard InChI is InChI=1S/C14H20N6O2.C7H14O2/c15-7-3-1-2-4-8-16-13-6-5-12(11-14(13)20(21)22)19-17-9-10-18-19;8-5-6-2-1-3-7(9)4-6/h5-6,9-11,16H,1-4,7-8,15H2;6-9H,1-5H2. The van der Waals surface area contributed by atoms with Crippen LogP contribution in [0.3, 0.4) is 0 Å². The lowest BCUT2D eigenvalue weighted by molar-refractivity contribution is -0.383. The first kappa shape index (κ1) is 24.7. The Morgan fingerprint density at radius 2 is 1.94 bits per heavy atom. The summed E-state index contributed by atoms with van der Waals surface area (Å²) < 4.78 is 0. The highest BCUT2D eigenvalue weighted by atomic mass is 16.6. The number of nitro groups is 1. The summed E-state index contributed by atoms with van der Waals surface area (Å²) in [6.45, 7) is 1.66. The van der Waals surface area contributed by atoms with E-state index in [1.54, 1.807) is 12.1 Å². The highest BCUT2D eigenvalue weighted by molar-refractivity contribution is 5.64. The molecule has 2 aromatic rings. The van der Waals surface area contributed by atoms with Crippen LogP contribution in [0.15, 0.2) is 30.6 Å². The van der Waals surface area contributed by atoms with Gasteiger partial charge in [0, 0.05) is 19.2 Å². The Hall–Kier alpha value is -2.56. The molecule has 10 nitrogen and oxygen atoms in total. The fourth-order valence-corrected chi connectivity index (χ4v) is 3.57. The second kappa shape index (κ2) is 13.7. The molecule has 10 heteroatoms. The molecule has 1 aliphatic rings. The van der Waals surface area contributed by atoms with E-state index < -0.39 is 4.92 Å². The number of anilines is 1. The first-order valence-corrected chi connectivity index (χ1v) is 10.9. The molecule has 1 heterocycles. The molecule has 1 aromatic heterocycles. The molecule has 2 unspecified atom stereocenters. The number of nitro benzene ring substituents is 1. The van der Waals surface area contributed by atoms with Gasteiger partial charge in [0.15, 0.2) is 0 Å². The van der Waals surface area contributed by atoms with Crippen molar-refractivity contribution in [1.29, 1.82) is 0 Å². The first-order valence-electron chi connectivity index (χ1n) is 10.9. The summed E-state index contributed by atoms with van der Waals surface area (Å²) in [4.78, 5) is 12.2. The molecule has 0 bridgehead atoms. The fourth-order valence-electron chi connectivity index (χ4n) is 3.57. The van der Waals surface area contributed by atoms with Crippen LogP contribution in [0.1, 0.15) is 51.4 Å². The lowest BCUT2D eigenvalue weighted by Gasteiger charge is -2.23. The van der Waals surface area contributed by atoms with Crippen LogP contribution in [0.25, 0.3) is 5.69 Å². The summed E-state index contributed by atoms with van der Waals surface area (Å²) in [5.41, 5.74) is 6.54. The average Bonchev–Trinajstić information content (AvgIpc) is 3.31. The molecule has 0 aliphatic heterocycles. The summed E-state index contributed by atoms with van der Waals surface area (Å²) >= 11 is 0. The number of nitrogens with two attached hydrogens (primary N) is 1. The Bertz CT molecular complexity index is 771. The van der Waals surface area contributed by atoms with Crippen LogP contribution in [0.5, 0.6) is 0 Å². The Morgan fingerprint density at radius 1 is 1.19 bits per heavy atom. The van der Waals surface area contributed by atoms with E-state index in [2.05, 4.69) is 15.5 Å². The minimum atomic E-state index is -0.399. The van der Waals surface area contributed by atoms with Gasteiger partial charge in [-0.1, -0.05) is 19.3 Å². The van der Waals surface area contributed by atoms with E-state index in [1.165, 1.54) is 23.3 Å². The van der Waals surface area contributed by atoms with Crippen molar-refractivity contribution in [3.8, 4) is 5.69 Å². The van der Waals surface area contributed by atoms with Crippen molar-refractivity contribution < 1.29 is 15.1 Å². The van der Waals surface area contributed by atoms with Gasteiger partial charge in [0.25, 0.3) is 5.69 Å². The molecule has 1 aliphatic carbocycles. The van der Waals surface area contributed by atoms with Crippen LogP contribution in [-0.4, -0.2) is 55.9 Å². The number of aliphatic hydroxyl groups is 2. The number of benzene rings is 1. The molecule has 1 saturated carbocycles. The van der Waals surface area contributed by atoms with E-state index in [9.17, 15) is 10.1 Å². The third-order valence-corrected chi connectivity index (χ3v) is 5.29. The normalized spacial score (nSPS) is 18.2. The van der Waals surface area contributed by atoms with Gasteiger partial charge in [-0.05, 0) is 56.7 Å². The van der Waals surface area contributed by atoms with Crippen molar-refractivity contribution in [2.45, 2.75) is 57.5 Å². The maximum Gasteiger partial charge on any atom is 0.294 e. The number of nitrogens with one attached hydrogen (secondary N) is 1. The number of aliphatic hydroxyl groups excluding tert-OH is 2. The molecule has 31 heavy (non-hydrogen) atoms. The highest BCUT2D eigenvalue weighted by Crippen LogP contribution is 2.27. The highest BCUT2D eigenvalue weighted by Gasteiger charge is 2.18. The third kappa shape index (κ3) is 8.60. The zero-order chi connectivity index (χ0) is 22.5. The van der Waals surface area contributed by atoms with Gasteiger partial charge in [-0.2, -0.15) is 15.0 Å². The zero-order valence-electron chi connectivity index (χ0n) is 17.9. The van der Waals surface area contributed by atoms with E-state index >= 15 is 0 Å². The van der Waals surface area contributed by atoms with Crippen molar-refractivity contribution >= 4 is 11.4 Å². The van der Waals surface area contributed by atoms with Crippen molar-refractivity contribution in [3.05, 3.63) is 40.7 Å². The second-order valence-electron chi connectivity index (χ2n) is 7.78. The molecule has 172 valence electrons. The minimum Gasteiger partial charge on any atom is -0.396 e. The number of unbranched alkanes of at least 4 members (excludes halogenated alkanes) is 3. The SMILES string of the molecule is NCCCCCCNc1ccc(-n2nccn2)cc1[N+](=O)[O-].OCC1CCCC(O)C1. The quantitative estimate of drug-likeness (QED) is 0.253. The largest absolute Gasteiger partial charge is 0.396 e. The molecule has 0 saturated heterocycles. The smallest absolute Gasteiger partial charge is 0.294 e. The summed E-state index contributed by atoms with van der Waals surface area (Å²) in [6.07, 6.45) is 10.9. The Balaban J connectivity index is 0.000000316. The molecule has 0 radical (unpaired) electrons. The van der Waals surface area contributed by atoms with Gasteiger partial charge >= 0.3 is 0 Å². The molecular weight excluding hydrogens is 400 g/mol. The molecule has 3 rings (SSSR count). The Labute approximate surface area is 182 Å². The predicted octanol–water partition coefficient (Wildman–Crippen LogP) is 2.64. The van der Waals surface area contributed by atoms with Gasteiger partial charge in [-0.3, -0.25) is 10.1 Å². The van der Waals surface area contributed by atoms with Crippen molar-refractivity contribution in [2.75, 3.05) is 25.0 Å². The second-order valence-corrected chi connectivity index (χ2v) is 7.78. The maximum absolute atomic E-state index is 11.2. The number of rotatable bonds is 10. The van der Waals surface area contributed by atoms with E-state index in [-0.39, 0.29) is 18.4 Å². The van der Waals surface area contributed by atoms with E-state index in [0.29, 0.717) is 30.4 Å². The molecule has 1 aromatic carbocycles. The average molecular weight is 435 g/mol. The van der Waals surface area contributed by atoms with Gasteiger partial charge in [0.2, 0.25) is 0 Å². The maximum atomic E-state index is 11.2. The summed E-state index contributed by atoms with van der Waals surface area (Å²) in [7, 11) is 0. The minimum absolute atomic E-state index is 0.0248. The van der Waals surface area contributed by atoms with Crippen LogP contribution in [0.4, 0.5) is 11.4 Å². The van der Waals surface area contributed by atoms with Gasteiger partial charge in [0.1, 0.15) is 5.69 Å². The van der Waals surface area contributed by atoms with Crippen molar-refractivity contribution in [3.63, 3.8) is 0 Å². The van der Waals surface area contributed by atoms with E-state index in [4.69, 9.17) is 15.9 Å². The molecule has 0 amide bonds. The predicted molar refractivity (Wildman–Crippen MR) is 119 cm³/mol. The van der Waals surface area contributed by atoms with Gasteiger partial charge in [0.05, 0.1) is 29.1 Å². The zero-order valence-corrected chi connectivity index (χ0v) is 17.9. The summed E-state index contributed by atoms with van der Waals surface area (Å²) in [5, 5.41) is 40.1. The number of hydrogen-bond acceptors (Lipinski definition) is 8. The Morgan fingerprint density at radius 3 is 2.55 bits per heavy atom.